The van der Waals surface area contributed by atoms with Crippen LogP contribution in [0.5, 0.6) is 17.2 Å². The van der Waals surface area contributed by atoms with Crippen LogP contribution in [0.15, 0.2) is 78.1 Å². The highest BCUT2D eigenvalue weighted by Crippen LogP contribution is 2.37. The van der Waals surface area contributed by atoms with Gasteiger partial charge in [-0.25, -0.2) is 8.42 Å². The standard InChI is InChI=1S/C62H84ClN12O23PS3/c1-41-44(37-97-56-29-55(96-36-43-27-47(32-64-30-43)100(3,88)89)45(28-50(56)63)31-66-51(39-101(90,91)92)60(81)65-13-26-99(85,86)87)7-4-8-48(41)49-9-5-10-54(42(49)2)98-38-46-33-75(69-68-46)15-6-14-70-18-24-74(25-19-70)61(82)52(40-102(93,94)95)67-57(76)12-11-53(62(83)84)73-22-20-71(34-58(77)78)16-17-72(21-23-73)35-59(79)80/h4-5,7-10,27-30,32-33,51-53,66H,6,11-26,31,34-40H2,1-3H3,(H,65,81)(H,67,76)(H,77,78)(H,79,80)(H,83,84)(H2,85,86,87)(H,90,91,92)(H,93,94,95)/t51-,52-,53+/m0/s1. The number of halogens is 1. The molecule has 3 aromatic carbocycles. The molecule has 0 radical (unpaired) electrons. The Hall–Kier alpha value is -7.82. The lowest BCUT2D eigenvalue weighted by molar-refractivity contribution is -0.145. The number of sulfone groups is 1. The predicted octanol–water partition coefficient (Wildman–Crippen LogP) is 0.620. The predicted molar refractivity (Wildman–Crippen MR) is 366 cm³/mol. The number of hydrogen-bond acceptors (Lipinski definition) is 24. The number of carbonyl (C=O) groups excluding carboxylic acids is 3. The molecule has 4 heterocycles. The Morgan fingerprint density at radius 3 is 1.90 bits per heavy atom. The lowest BCUT2D eigenvalue weighted by atomic mass is 9.93. The summed E-state index contributed by atoms with van der Waals surface area (Å²) in [5.41, 5.74) is 5.30. The second kappa shape index (κ2) is 37.1. The largest absolute Gasteiger partial charge is 0.488 e. The van der Waals surface area contributed by atoms with Gasteiger partial charge in [-0.05, 0) is 72.7 Å². The van der Waals surface area contributed by atoms with Crippen LogP contribution >= 0.6 is 19.2 Å². The normalized spacial score (nSPS) is 15.8. The van der Waals surface area contributed by atoms with Crippen LogP contribution in [0, 0.1) is 13.8 Å². The first-order chi connectivity index (χ1) is 48.0. The highest BCUT2D eigenvalue weighted by Gasteiger charge is 2.35. The second-order valence-corrected chi connectivity index (χ2v) is 31.8. The van der Waals surface area contributed by atoms with Gasteiger partial charge in [0.15, 0.2) is 9.84 Å². The van der Waals surface area contributed by atoms with Gasteiger partial charge in [-0.2, -0.15) is 16.8 Å². The van der Waals surface area contributed by atoms with E-state index in [1.54, 1.807) is 20.7 Å². The number of aryl methyl sites for hydroxylation is 1. The Kier molecular flexibility index (Phi) is 29.6. The smallest absolute Gasteiger partial charge is 0.327 e. The molecule has 102 heavy (non-hydrogen) atoms. The number of amides is 3. The third-order valence-electron chi connectivity index (χ3n) is 16.8. The highest BCUT2D eigenvalue weighted by atomic mass is 35.5. The van der Waals surface area contributed by atoms with Gasteiger partial charge in [-0.3, -0.25) is 71.7 Å². The van der Waals surface area contributed by atoms with E-state index in [1.165, 1.54) is 40.4 Å². The molecule has 0 unspecified atom stereocenters. The van der Waals surface area contributed by atoms with Crippen molar-refractivity contribution in [3.63, 3.8) is 0 Å². The van der Waals surface area contributed by atoms with E-state index in [4.69, 9.17) is 25.8 Å². The lowest BCUT2D eigenvalue weighted by Gasteiger charge is -2.36. The van der Waals surface area contributed by atoms with Crippen LogP contribution in [0.1, 0.15) is 52.8 Å². The van der Waals surface area contributed by atoms with Gasteiger partial charge in [0.05, 0.1) is 41.1 Å². The molecule has 560 valence electrons. The van der Waals surface area contributed by atoms with E-state index in [2.05, 4.69) is 36.1 Å². The molecule has 0 aliphatic carbocycles. The Labute approximate surface area is 594 Å². The van der Waals surface area contributed by atoms with Gasteiger partial charge in [-0.1, -0.05) is 47.1 Å². The molecule has 3 atom stereocenters. The van der Waals surface area contributed by atoms with Gasteiger partial charge in [0.1, 0.15) is 66.6 Å². The fraction of sp³-hybridized carbons (Fsp3) is 0.500. The van der Waals surface area contributed by atoms with E-state index in [-0.39, 0.29) is 125 Å². The molecule has 0 spiro atoms. The number of rotatable bonds is 37. The average Bonchev–Trinajstić information content (AvgIpc) is 0.882. The Bertz CT molecular complexity index is 4170. The van der Waals surface area contributed by atoms with Gasteiger partial charge in [-0.15, -0.1) is 5.10 Å². The zero-order chi connectivity index (χ0) is 74.7. The summed E-state index contributed by atoms with van der Waals surface area (Å²) in [5, 5.41) is 45.1. The van der Waals surface area contributed by atoms with Crippen molar-refractivity contribution in [3.05, 3.63) is 112 Å². The minimum absolute atomic E-state index is 0.0106. The first-order valence-corrected chi connectivity index (χ1v) is 39.3. The molecule has 2 aliphatic rings. The summed E-state index contributed by atoms with van der Waals surface area (Å²) in [6.07, 6.45) is 4.46. The maximum atomic E-state index is 13.8. The SMILES string of the molecule is Cc1c(COc2cc(OCc3cncc(S(C)(=O)=O)c3)c(CN[C@@H](CS(=O)(=O)O)C(=O)NCCP(=O)(O)O)cc2Cl)cccc1-c1cccc(OCc2cn(CCCN3CCN(C(=O)[C@H](CS(=O)(=O)O)NC(=O)CC[C@H](C(=O)O)N4CCN(CC(=O)O)CCN(CC(=O)O)CC4)CC3)nn2)c1C. The van der Waals surface area contributed by atoms with Crippen LogP contribution in [0.3, 0.4) is 0 Å². The first kappa shape index (κ1) is 81.5. The molecule has 2 aromatic heterocycles. The number of aliphatic carboxylic acids is 3. The number of nitrogens with one attached hydrogen (secondary N) is 3. The molecule has 0 saturated carbocycles. The number of carboxylic acids is 3. The van der Waals surface area contributed by atoms with E-state index in [0.29, 0.717) is 49.6 Å². The van der Waals surface area contributed by atoms with Crippen molar-refractivity contribution in [2.75, 3.05) is 116 Å². The maximum absolute atomic E-state index is 13.8. The fourth-order valence-corrected chi connectivity index (χ4v) is 14.0. The lowest BCUT2D eigenvalue weighted by Crippen LogP contribution is -2.56. The van der Waals surface area contributed by atoms with E-state index >= 15 is 0 Å². The molecule has 10 N–H and O–H groups in total. The molecule has 2 saturated heterocycles. The van der Waals surface area contributed by atoms with Crippen LogP contribution in [0.25, 0.3) is 11.1 Å². The van der Waals surface area contributed by atoms with Crippen LogP contribution in [0.2, 0.25) is 5.02 Å². The number of aromatic nitrogens is 4. The number of carbonyl (C=O) groups is 6. The highest BCUT2D eigenvalue weighted by molar-refractivity contribution is 7.90. The molecule has 2 aliphatic heterocycles. The van der Waals surface area contributed by atoms with Crippen molar-refractivity contribution in [1.82, 2.24) is 60.4 Å². The Morgan fingerprint density at radius 2 is 1.28 bits per heavy atom. The van der Waals surface area contributed by atoms with Gasteiger partial charge in [0.2, 0.25) is 17.7 Å². The zero-order valence-corrected chi connectivity index (χ0v) is 60.2. The molecule has 2 fully saturated rings. The third kappa shape index (κ3) is 26.5. The summed E-state index contributed by atoms with van der Waals surface area (Å²) in [5.74, 6) is -7.59. The number of hydrogen-bond donors (Lipinski definition) is 10. The Morgan fingerprint density at radius 1 is 0.686 bits per heavy atom. The summed E-state index contributed by atoms with van der Waals surface area (Å²) < 4.78 is 124. The van der Waals surface area contributed by atoms with Crippen LogP contribution in [0.4, 0.5) is 0 Å². The van der Waals surface area contributed by atoms with E-state index < -0.39 is 122 Å². The number of benzene rings is 3. The van der Waals surface area contributed by atoms with Gasteiger partial charge in [0.25, 0.3) is 20.2 Å². The summed E-state index contributed by atoms with van der Waals surface area (Å²) >= 11 is 6.82. The monoisotopic (exact) mass is 1530 g/mol. The summed E-state index contributed by atoms with van der Waals surface area (Å²) in [4.78, 5) is 106. The number of piperazine rings is 1. The maximum Gasteiger partial charge on any atom is 0.327 e. The minimum atomic E-state index is -4.80. The third-order valence-corrected chi connectivity index (χ3v) is 20.5. The van der Waals surface area contributed by atoms with Crippen molar-refractivity contribution in [2.24, 2.45) is 0 Å². The van der Waals surface area contributed by atoms with Crippen molar-refractivity contribution in [1.29, 1.82) is 0 Å². The molecular formula is C62H84ClN12O23PS3. The average molecular weight is 1530 g/mol. The number of carboxylic acid groups (broad SMARTS) is 3. The fourth-order valence-electron chi connectivity index (χ4n) is 11.4. The molecule has 35 nitrogen and oxygen atoms in total. The van der Waals surface area contributed by atoms with Crippen molar-refractivity contribution in [3.8, 4) is 28.4 Å². The van der Waals surface area contributed by atoms with Crippen molar-refractivity contribution >= 4 is 84.9 Å². The topological polar surface area (TPSA) is 487 Å². The van der Waals surface area contributed by atoms with E-state index in [1.807, 2.05) is 50.2 Å². The quantitative estimate of drug-likeness (QED) is 0.0192. The van der Waals surface area contributed by atoms with Crippen LogP contribution in [-0.4, -0.2) is 273 Å². The van der Waals surface area contributed by atoms with Gasteiger partial charge in [0, 0.05) is 134 Å². The molecular weight excluding hydrogens is 1440 g/mol. The van der Waals surface area contributed by atoms with E-state index in [9.17, 15) is 92.8 Å². The van der Waals surface area contributed by atoms with E-state index in [0.717, 1.165) is 34.1 Å². The van der Waals surface area contributed by atoms with Crippen LogP contribution < -0.4 is 30.2 Å². The number of nitrogens with zero attached hydrogens (tertiary/aromatic N) is 9. The van der Waals surface area contributed by atoms with Gasteiger partial charge < -0.3 is 60.2 Å². The summed E-state index contributed by atoms with van der Waals surface area (Å²) in [6, 6.07) is 10.9. The van der Waals surface area contributed by atoms with Gasteiger partial charge >= 0.3 is 25.5 Å². The number of ether oxygens (including phenoxy) is 3. The number of pyridine rings is 1. The molecule has 40 heteroatoms. The second-order valence-electron chi connectivity index (χ2n) is 24.6. The Balaban J connectivity index is 0.918. The van der Waals surface area contributed by atoms with Crippen LogP contribution in [-0.2, 0) is 96.3 Å². The molecule has 3 amide bonds. The van der Waals surface area contributed by atoms with Crippen molar-refractivity contribution < 1.29 is 107 Å². The minimum Gasteiger partial charge on any atom is -0.488 e. The first-order valence-electron chi connectivity index (χ1n) is 32.0. The van der Waals surface area contributed by atoms with Crippen molar-refractivity contribution in [2.45, 2.75) is 89.0 Å². The molecule has 5 aromatic rings. The molecule has 0 bridgehead atoms. The molecule has 7 rings (SSSR count). The zero-order valence-electron chi connectivity index (χ0n) is 56.1. The summed E-state index contributed by atoms with van der Waals surface area (Å²) in [6.45, 7) is 5.12. The summed E-state index contributed by atoms with van der Waals surface area (Å²) in [7, 11) is -17.8.